The topological polar surface area (TPSA) is 65.8 Å². The normalized spacial score (nSPS) is 14.9. The molecule has 0 bridgehead atoms. The Morgan fingerprint density at radius 3 is 2.54 bits per heavy atom. The molecule has 0 unspecified atom stereocenters. The molecule has 0 aliphatic carbocycles. The van der Waals surface area contributed by atoms with Crippen LogP contribution >= 0.6 is 0 Å². The van der Waals surface area contributed by atoms with E-state index in [1.807, 2.05) is 0 Å². The minimum atomic E-state index is -4.54. The largest absolute Gasteiger partial charge is 0.507 e. The van der Waals surface area contributed by atoms with Crippen molar-refractivity contribution in [2.24, 2.45) is 5.10 Å². The van der Waals surface area contributed by atoms with E-state index >= 15 is 0 Å². The molecule has 1 amide bonds. The Hall–Kier alpha value is -2.97. The minimum absolute atomic E-state index is 0.0396. The van der Waals surface area contributed by atoms with Gasteiger partial charge in [0.05, 0.1) is 17.7 Å². The molecule has 1 aliphatic rings. The summed E-state index contributed by atoms with van der Waals surface area (Å²) in [5.41, 5.74) is -0.818. The average molecular weight is 339 g/mol. The molecule has 1 aliphatic heterocycles. The summed E-state index contributed by atoms with van der Waals surface area (Å²) in [6.07, 6.45) is -4.18. The lowest BCUT2D eigenvalue weighted by Gasteiger charge is -2.11. The van der Waals surface area contributed by atoms with Crippen LogP contribution in [0.2, 0.25) is 0 Å². The maximum atomic E-state index is 13.3. The van der Waals surface area contributed by atoms with Gasteiger partial charge in [-0.2, -0.15) is 23.3 Å². The molecule has 0 fully saturated rings. The Morgan fingerprint density at radius 1 is 1.17 bits per heavy atom. The first-order valence-electron chi connectivity index (χ1n) is 6.68. The van der Waals surface area contributed by atoms with Crippen LogP contribution < -0.4 is 5.01 Å². The van der Waals surface area contributed by atoms with Crippen LogP contribution in [0.3, 0.4) is 0 Å². The zero-order valence-corrected chi connectivity index (χ0v) is 11.9. The Labute approximate surface area is 132 Å². The zero-order valence-electron chi connectivity index (χ0n) is 11.9. The lowest BCUT2D eigenvalue weighted by molar-refractivity contribution is -0.137. The van der Waals surface area contributed by atoms with Crippen LogP contribution in [0.5, 0.6) is 5.75 Å². The summed E-state index contributed by atoms with van der Waals surface area (Å²) in [6, 6.07) is 4.98. The molecule has 124 valence electrons. The number of alkyl halides is 3. The molecule has 5 nitrogen and oxygen atoms in total. The van der Waals surface area contributed by atoms with Gasteiger partial charge in [0, 0.05) is 11.8 Å². The van der Waals surface area contributed by atoms with Crippen molar-refractivity contribution >= 4 is 17.4 Å². The summed E-state index contributed by atoms with van der Waals surface area (Å²) in [5.74, 6) is -1.53. The average Bonchev–Trinajstić information content (AvgIpc) is 2.91. The number of nitrogens with zero attached hydrogens (tertiary/aromatic N) is 3. The highest BCUT2D eigenvalue weighted by Crippen LogP contribution is 2.31. The minimum Gasteiger partial charge on any atom is -0.507 e. The number of rotatable bonds is 2. The number of anilines is 1. The highest BCUT2D eigenvalue weighted by Gasteiger charge is 2.32. The first kappa shape index (κ1) is 15.9. The predicted octanol–water partition coefficient (Wildman–Crippen LogP) is 3.09. The van der Waals surface area contributed by atoms with Crippen LogP contribution in [-0.2, 0) is 11.0 Å². The molecule has 0 atom stereocenters. The van der Waals surface area contributed by atoms with Crippen LogP contribution in [0.25, 0.3) is 0 Å². The van der Waals surface area contributed by atoms with Gasteiger partial charge in [0.1, 0.15) is 11.6 Å². The number of carbonyl (C=O) groups is 1. The van der Waals surface area contributed by atoms with Gasteiger partial charge >= 0.3 is 6.18 Å². The van der Waals surface area contributed by atoms with Gasteiger partial charge in [0.15, 0.2) is 5.82 Å². The van der Waals surface area contributed by atoms with E-state index in [4.69, 9.17) is 0 Å². The highest BCUT2D eigenvalue weighted by molar-refractivity contribution is 6.19. The molecule has 9 heteroatoms. The number of carbonyl (C=O) groups excluding carboxylic acids is 1. The standard InChI is InChI=1S/C15H9F4N3O2/c16-9-2-3-12(23)10(5-9)11-6-14(24)22(21-11)13-4-1-8(7-20-13)15(17,18)19/h1-5,7,23H,6H2. The van der Waals surface area contributed by atoms with Gasteiger partial charge in [-0.3, -0.25) is 4.79 Å². The number of benzene rings is 1. The molecule has 0 radical (unpaired) electrons. The first-order valence-corrected chi connectivity index (χ1v) is 6.68. The molecule has 2 heterocycles. The van der Waals surface area contributed by atoms with Crippen LogP contribution in [-0.4, -0.2) is 21.7 Å². The van der Waals surface area contributed by atoms with Crippen molar-refractivity contribution in [2.45, 2.75) is 12.6 Å². The van der Waals surface area contributed by atoms with Crippen molar-refractivity contribution in [1.29, 1.82) is 0 Å². The van der Waals surface area contributed by atoms with Gasteiger partial charge in [-0.25, -0.2) is 9.37 Å². The molecule has 24 heavy (non-hydrogen) atoms. The van der Waals surface area contributed by atoms with Crippen molar-refractivity contribution in [3.63, 3.8) is 0 Å². The molecule has 0 spiro atoms. The van der Waals surface area contributed by atoms with E-state index in [0.717, 1.165) is 35.3 Å². The second-order valence-electron chi connectivity index (χ2n) is 4.99. The predicted molar refractivity (Wildman–Crippen MR) is 75.9 cm³/mol. The van der Waals surface area contributed by atoms with E-state index in [1.165, 1.54) is 0 Å². The number of aromatic hydroxyl groups is 1. The monoisotopic (exact) mass is 339 g/mol. The van der Waals surface area contributed by atoms with Crippen LogP contribution in [0.15, 0.2) is 41.6 Å². The third-order valence-electron chi connectivity index (χ3n) is 3.34. The summed E-state index contributed by atoms with van der Waals surface area (Å²) in [5, 5.41) is 14.5. The Balaban J connectivity index is 1.93. The quantitative estimate of drug-likeness (QED) is 0.855. The van der Waals surface area contributed by atoms with Crippen LogP contribution in [0.1, 0.15) is 17.5 Å². The third kappa shape index (κ3) is 2.92. The van der Waals surface area contributed by atoms with Crippen molar-refractivity contribution < 1.29 is 27.5 Å². The molecule has 2 aromatic rings. The maximum Gasteiger partial charge on any atom is 0.417 e. The number of hydrazone groups is 1. The Morgan fingerprint density at radius 2 is 1.92 bits per heavy atom. The lowest BCUT2D eigenvalue weighted by atomic mass is 10.1. The molecule has 0 saturated heterocycles. The number of phenols is 1. The number of aromatic nitrogens is 1. The van der Waals surface area contributed by atoms with Gasteiger partial charge in [0.25, 0.3) is 5.91 Å². The van der Waals surface area contributed by atoms with E-state index in [9.17, 15) is 27.5 Å². The van der Waals surface area contributed by atoms with Crippen molar-refractivity contribution in [3.8, 4) is 5.75 Å². The molecular weight excluding hydrogens is 330 g/mol. The molecular formula is C15H9F4N3O2. The second-order valence-corrected chi connectivity index (χ2v) is 4.99. The van der Waals surface area contributed by atoms with Crippen molar-refractivity contribution in [3.05, 3.63) is 53.5 Å². The first-order chi connectivity index (χ1) is 11.3. The maximum absolute atomic E-state index is 13.3. The fraction of sp³-hybridized carbons (Fsp3) is 0.133. The van der Waals surface area contributed by atoms with E-state index in [-0.39, 0.29) is 29.3 Å². The van der Waals surface area contributed by atoms with E-state index in [2.05, 4.69) is 10.1 Å². The van der Waals surface area contributed by atoms with Crippen LogP contribution in [0, 0.1) is 5.82 Å². The Bertz CT molecular complexity index is 832. The fourth-order valence-electron chi connectivity index (χ4n) is 2.18. The smallest absolute Gasteiger partial charge is 0.417 e. The number of hydrogen-bond acceptors (Lipinski definition) is 4. The zero-order chi connectivity index (χ0) is 17.5. The summed E-state index contributed by atoms with van der Waals surface area (Å²) >= 11 is 0. The Kier molecular flexibility index (Phi) is 3.70. The number of hydrogen-bond donors (Lipinski definition) is 1. The number of halogens is 4. The summed E-state index contributed by atoms with van der Waals surface area (Å²) < 4.78 is 50.9. The number of amides is 1. The molecule has 1 aromatic heterocycles. The van der Waals surface area contributed by atoms with Crippen molar-refractivity contribution in [1.82, 2.24) is 4.98 Å². The molecule has 3 rings (SSSR count). The fourth-order valence-corrected chi connectivity index (χ4v) is 2.18. The number of pyridine rings is 1. The van der Waals surface area contributed by atoms with Crippen molar-refractivity contribution in [2.75, 3.05) is 5.01 Å². The highest BCUT2D eigenvalue weighted by atomic mass is 19.4. The molecule has 0 saturated carbocycles. The summed E-state index contributed by atoms with van der Waals surface area (Å²) in [4.78, 5) is 15.6. The van der Waals surface area contributed by atoms with Gasteiger partial charge < -0.3 is 5.11 Å². The van der Waals surface area contributed by atoms with E-state index in [0.29, 0.717) is 6.20 Å². The van der Waals surface area contributed by atoms with Gasteiger partial charge in [-0.15, -0.1) is 0 Å². The van der Waals surface area contributed by atoms with Gasteiger partial charge in [0.2, 0.25) is 0 Å². The van der Waals surface area contributed by atoms with Gasteiger partial charge in [-0.05, 0) is 30.3 Å². The number of phenolic OH excluding ortho intramolecular Hbond substituents is 1. The lowest BCUT2D eigenvalue weighted by Crippen LogP contribution is -2.21. The summed E-state index contributed by atoms with van der Waals surface area (Å²) in [6.45, 7) is 0. The SMILES string of the molecule is O=C1CC(c2cc(F)ccc2O)=NN1c1ccc(C(F)(F)F)cn1. The van der Waals surface area contributed by atoms with E-state index < -0.39 is 23.5 Å². The molecule has 1 N–H and O–H groups in total. The van der Waals surface area contributed by atoms with E-state index in [1.54, 1.807) is 0 Å². The second kappa shape index (κ2) is 5.59. The van der Waals surface area contributed by atoms with Gasteiger partial charge in [-0.1, -0.05) is 0 Å². The molecule has 1 aromatic carbocycles. The summed E-state index contributed by atoms with van der Waals surface area (Å²) in [7, 11) is 0. The third-order valence-corrected chi connectivity index (χ3v) is 3.34. The van der Waals surface area contributed by atoms with Crippen LogP contribution in [0.4, 0.5) is 23.4 Å².